The van der Waals surface area contributed by atoms with Crippen LogP contribution in [0.15, 0.2) is 72.8 Å². The Bertz CT molecular complexity index is 1230. The van der Waals surface area contributed by atoms with Crippen LogP contribution in [0.2, 0.25) is 5.02 Å². The standard InChI is InChI=1S/C31H35ClN2O4/c1-3-22(2)33-31(36)27(19-23-8-5-4-6-9-23)34(21-25-10-7-11-26(32)18-25)30(35)15-13-24-12-14-28-29(20-24)38-17-16-37-28/h4-12,14,18,20,22,27H,3,13,15-17,19,21H2,1-2H3,(H,33,36)/t22-,27+/m0/s1. The van der Waals surface area contributed by atoms with Gasteiger partial charge in [-0.3, -0.25) is 9.59 Å². The maximum absolute atomic E-state index is 13.8. The molecular formula is C31H35ClN2O4. The van der Waals surface area contributed by atoms with Crippen molar-refractivity contribution in [1.29, 1.82) is 0 Å². The summed E-state index contributed by atoms with van der Waals surface area (Å²) in [5.74, 6) is 1.17. The van der Waals surface area contributed by atoms with Crippen LogP contribution in [0.1, 0.15) is 43.4 Å². The second-order valence-electron chi connectivity index (χ2n) is 9.65. The Kier molecular flexibility index (Phi) is 9.66. The summed E-state index contributed by atoms with van der Waals surface area (Å²) < 4.78 is 11.3. The molecule has 4 rings (SSSR count). The minimum absolute atomic E-state index is 0.00149. The highest BCUT2D eigenvalue weighted by Gasteiger charge is 2.31. The molecule has 0 radical (unpaired) electrons. The van der Waals surface area contributed by atoms with E-state index >= 15 is 0 Å². The lowest BCUT2D eigenvalue weighted by Gasteiger charge is -2.32. The molecule has 3 aromatic carbocycles. The minimum atomic E-state index is -0.668. The van der Waals surface area contributed by atoms with Gasteiger partial charge in [0.05, 0.1) is 0 Å². The van der Waals surface area contributed by atoms with Gasteiger partial charge in [0.2, 0.25) is 11.8 Å². The Balaban J connectivity index is 1.60. The van der Waals surface area contributed by atoms with E-state index < -0.39 is 6.04 Å². The van der Waals surface area contributed by atoms with E-state index in [1.54, 1.807) is 11.0 Å². The summed E-state index contributed by atoms with van der Waals surface area (Å²) in [5.41, 5.74) is 2.85. The van der Waals surface area contributed by atoms with Gasteiger partial charge in [0.25, 0.3) is 0 Å². The van der Waals surface area contributed by atoms with Gasteiger partial charge >= 0.3 is 0 Å². The first-order valence-electron chi connectivity index (χ1n) is 13.2. The van der Waals surface area contributed by atoms with Gasteiger partial charge in [-0.1, -0.05) is 67.1 Å². The number of fused-ring (bicyclic) bond motifs is 1. The molecule has 0 saturated heterocycles. The first-order chi connectivity index (χ1) is 18.4. The summed E-state index contributed by atoms with van der Waals surface area (Å²) in [6.07, 6.45) is 1.99. The summed E-state index contributed by atoms with van der Waals surface area (Å²) in [6.45, 7) is 5.33. The molecule has 0 fully saturated rings. The van der Waals surface area contributed by atoms with Gasteiger partial charge in [-0.25, -0.2) is 0 Å². The molecule has 0 bridgehead atoms. The van der Waals surface area contributed by atoms with Crippen LogP contribution in [0, 0.1) is 0 Å². The van der Waals surface area contributed by atoms with Gasteiger partial charge in [-0.05, 0) is 60.7 Å². The van der Waals surface area contributed by atoms with Gasteiger partial charge in [-0.2, -0.15) is 0 Å². The number of nitrogens with zero attached hydrogens (tertiary/aromatic N) is 1. The van der Waals surface area contributed by atoms with Gasteiger partial charge in [0, 0.05) is 30.5 Å². The van der Waals surface area contributed by atoms with E-state index in [0.29, 0.717) is 36.8 Å². The van der Waals surface area contributed by atoms with Gasteiger partial charge in [-0.15, -0.1) is 0 Å². The van der Waals surface area contributed by atoms with Crippen LogP contribution >= 0.6 is 11.6 Å². The molecule has 1 heterocycles. The molecule has 6 nitrogen and oxygen atoms in total. The molecule has 38 heavy (non-hydrogen) atoms. The Hall–Kier alpha value is -3.51. The van der Waals surface area contributed by atoms with Crippen LogP contribution in [0.5, 0.6) is 11.5 Å². The van der Waals surface area contributed by atoms with Crippen molar-refractivity contribution >= 4 is 23.4 Å². The summed E-state index contributed by atoms with van der Waals surface area (Å²) in [5, 5.41) is 3.69. The van der Waals surface area contributed by atoms with E-state index in [0.717, 1.165) is 28.9 Å². The van der Waals surface area contributed by atoms with Crippen LogP contribution in [0.4, 0.5) is 0 Å². The summed E-state index contributed by atoms with van der Waals surface area (Å²) in [7, 11) is 0. The minimum Gasteiger partial charge on any atom is -0.486 e. The maximum atomic E-state index is 13.8. The van der Waals surface area contributed by atoms with E-state index in [4.69, 9.17) is 21.1 Å². The number of hydrogen-bond donors (Lipinski definition) is 1. The Morgan fingerprint density at radius 2 is 1.66 bits per heavy atom. The number of amides is 2. The monoisotopic (exact) mass is 534 g/mol. The summed E-state index contributed by atoms with van der Waals surface area (Å²) >= 11 is 6.26. The quantitative estimate of drug-likeness (QED) is 0.348. The van der Waals surface area contributed by atoms with Gasteiger partial charge in [0.15, 0.2) is 11.5 Å². The number of benzene rings is 3. The van der Waals surface area contributed by atoms with Gasteiger partial charge < -0.3 is 19.7 Å². The molecule has 1 N–H and O–H groups in total. The van der Waals surface area contributed by atoms with E-state index in [1.807, 2.05) is 80.6 Å². The molecule has 0 saturated carbocycles. The van der Waals surface area contributed by atoms with Crippen molar-refractivity contribution in [2.75, 3.05) is 13.2 Å². The molecule has 0 unspecified atom stereocenters. The molecule has 1 aliphatic rings. The van der Waals surface area contributed by atoms with E-state index in [2.05, 4.69) is 5.32 Å². The fourth-order valence-corrected chi connectivity index (χ4v) is 4.68. The van der Waals surface area contributed by atoms with E-state index in [-0.39, 0.29) is 30.8 Å². The molecule has 2 atom stereocenters. The molecule has 200 valence electrons. The third-order valence-electron chi connectivity index (χ3n) is 6.75. The average Bonchev–Trinajstić information content (AvgIpc) is 2.94. The summed E-state index contributed by atoms with van der Waals surface area (Å²) in [6, 6.07) is 22.4. The number of carbonyl (C=O) groups excluding carboxylic acids is 2. The number of halogens is 1. The highest BCUT2D eigenvalue weighted by molar-refractivity contribution is 6.30. The van der Waals surface area contributed by atoms with Crippen LogP contribution in [-0.4, -0.2) is 42.0 Å². The van der Waals surface area contributed by atoms with Crippen molar-refractivity contribution in [3.63, 3.8) is 0 Å². The lowest BCUT2D eigenvalue weighted by atomic mass is 10.0. The third-order valence-corrected chi connectivity index (χ3v) is 6.98. The zero-order valence-electron chi connectivity index (χ0n) is 22.0. The predicted octanol–water partition coefficient (Wildman–Crippen LogP) is 5.60. The van der Waals surface area contributed by atoms with Crippen molar-refractivity contribution in [2.45, 2.75) is 58.2 Å². The topological polar surface area (TPSA) is 67.9 Å². The predicted molar refractivity (Wildman–Crippen MR) is 150 cm³/mol. The van der Waals surface area contributed by atoms with Crippen molar-refractivity contribution in [2.24, 2.45) is 0 Å². The molecule has 7 heteroatoms. The van der Waals surface area contributed by atoms with Crippen molar-refractivity contribution in [3.05, 3.63) is 94.5 Å². The largest absolute Gasteiger partial charge is 0.486 e. The number of nitrogens with one attached hydrogen (secondary N) is 1. The first kappa shape index (κ1) is 27.5. The highest BCUT2D eigenvalue weighted by Crippen LogP contribution is 2.31. The molecule has 3 aromatic rings. The van der Waals surface area contributed by atoms with Crippen LogP contribution in [0.25, 0.3) is 0 Å². The first-order valence-corrected chi connectivity index (χ1v) is 13.6. The molecule has 1 aliphatic heterocycles. The number of rotatable bonds is 11. The number of carbonyl (C=O) groups is 2. The fourth-order valence-electron chi connectivity index (χ4n) is 4.47. The van der Waals surface area contributed by atoms with Crippen molar-refractivity contribution in [1.82, 2.24) is 10.2 Å². The Morgan fingerprint density at radius 3 is 2.39 bits per heavy atom. The molecular weight excluding hydrogens is 500 g/mol. The maximum Gasteiger partial charge on any atom is 0.243 e. The second kappa shape index (κ2) is 13.3. The number of aryl methyl sites for hydroxylation is 1. The van der Waals surface area contributed by atoms with Crippen LogP contribution < -0.4 is 14.8 Å². The normalized spacial score (nSPS) is 13.9. The Labute approximate surface area is 229 Å². The second-order valence-corrected chi connectivity index (χ2v) is 10.1. The zero-order chi connectivity index (χ0) is 26.9. The number of hydrogen-bond acceptors (Lipinski definition) is 4. The smallest absolute Gasteiger partial charge is 0.243 e. The molecule has 0 aromatic heterocycles. The van der Waals surface area contributed by atoms with E-state index in [1.165, 1.54) is 0 Å². The SMILES string of the molecule is CC[C@H](C)NC(=O)[C@@H](Cc1ccccc1)N(Cc1cccc(Cl)c1)C(=O)CCc1ccc2c(c1)OCCO2. The highest BCUT2D eigenvalue weighted by atomic mass is 35.5. The van der Waals surface area contributed by atoms with Crippen molar-refractivity contribution < 1.29 is 19.1 Å². The van der Waals surface area contributed by atoms with Crippen molar-refractivity contribution in [3.8, 4) is 11.5 Å². The van der Waals surface area contributed by atoms with Gasteiger partial charge in [0.1, 0.15) is 19.3 Å². The average molecular weight is 535 g/mol. The molecule has 2 amide bonds. The third kappa shape index (κ3) is 7.51. The zero-order valence-corrected chi connectivity index (χ0v) is 22.7. The molecule has 0 aliphatic carbocycles. The lowest BCUT2D eigenvalue weighted by Crippen LogP contribution is -2.52. The summed E-state index contributed by atoms with van der Waals surface area (Å²) in [4.78, 5) is 29.1. The lowest BCUT2D eigenvalue weighted by molar-refractivity contribution is -0.141. The Morgan fingerprint density at radius 1 is 0.921 bits per heavy atom. The molecule has 0 spiro atoms. The fraction of sp³-hybridized carbons (Fsp3) is 0.355. The van der Waals surface area contributed by atoms with E-state index in [9.17, 15) is 9.59 Å². The number of ether oxygens (including phenoxy) is 2. The van der Waals surface area contributed by atoms with Crippen LogP contribution in [0.3, 0.4) is 0 Å². The van der Waals surface area contributed by atoms with Crippen LogP contribution in [-0.2, 0) is 29.0 Å².